The second-order valence-electron chi connectivity index (χ2n) is 2.11. The third-order valence-electron chi connectivity index (χ3n) is 1.32. The Morgan fingerprint density at radius 3 is 2.82 bits per heavy atom. The Bertz CT molecular complexity index is 216. The molecule has 1 rings (SSSR count). The van der Waals surface area contributed by atoms with Crippen LogP contribution in [0.25, 0.3) is 0 Å². The van der Waals surface area contributed by atoms with Crippen LogP contribution < -0.4 is 0 Å². The number of ether oxygens (including phenoxy) is 2. The Kier molecular flexibility index (Phi) is 2.15. The lowest BCUT2D eigenvalue weighted by molar-refractivity contribution is -0.140. The molecular formula is C7H8O4. The molecule has 1 unspecified atom stereocenters. The van der Waals surface area contributed by atoms with Crippen LogP contribution in [0.15, 0.2) is 24.5 Å². The van der Waals surface area contributed by atoms with Gasteiger partial charge in [-0.05, 0) is 6.92 Å². The molecule has 1 aliphatic heterocycles. The number of hydrogen-bond donors (Lipinski definition) is 1. The van der Waals surface area contributed by atoms with Crippen LogP contribution in [0.5, 0.6) is 0 Å². The molecule has 0 saturated heterocycles. The Labute approximate surface area is 63.7 Å². The molecular weight excluding hydrogens is 148 g/mol. The summed E-state index contributed by atoms with van der Waals surface area (Å²) in [5.74, 6) is -1.30. The molecule has 1 heterocycles. The number of rotatable bonds is 2. The molecule has 4 nitrogen and oxygen atoms in total. The topological polar surface area (TPSA) is 55.8 Å². The summed E-state index contributed by atoms with van der Waals surface area (Å²) in [4.78, 5) is 10.4. The molecule has 4 heteroatoms. The van der Waals surface area contributed by atoms with Crippen LogP contribution in [0, 0.1) is 5.92 Å². The smallest absolute Gasteiger partial charge is 0.314 e. The zero-order chi connectivity index (χ0) is 8.27. The van der Waals surface area contributed by atoms with E-state index in [2.05, 4.69) is 0 Å². The molecule has 0 aliphatic carbocycles. The van der Waals surface area contributed by atoms with Gasteiger partial charge in [-0.3, -0.25) is 4.79 Å². The van der Waals surface area contributed by atoms with Gasteiger partial charge in [-0.15, -0.1) is 0 Å². The van der Waals surface area contributed by atoms with E-state index in [-0.39, 0.29) is 0 Å². The largest absolute Gasteiger partial charge is 0.481 e. The minimum Gasteiger partial charge on any atom is -0.481 e. The van der Waals surface area contributed by atoms with E-state index in [1.54, 1.807) is 0 Å². The maximum Gasteiger partial charge on any atom is 0.314 e. The fraction of sp³-hybridized carbons (Fsp3) is 0.286. The molecule has 0 aromatic rings. The van der Waals surface area contributed by atoms with Crippen molar-refractivity contribution in [2.75, 3.05) is 0 Å². The minimum atomic E-state index is -0.935. The molecule has 1 aliphatic rings. The Balaban J connectivity index is 2.60. The molecule has 0 spiro atoms. The van der Waals surface area contributed by atoms with Crippen LogP contribution in [0.4, 0.5) is 0 Å². The average molecular weight is 156 g/mol. The van der Waals surface area contributed by atoms with Gasteiger partial charge < -0.3 is 14.6 Å². The van der Waals surface area contributed by atoms with Crippen LogP contribution in [-0.2, 0) is 14.3 Å². The van der Waals surface area contributed by atoms with Crippen LogP contribution >= 0.6 is 0 Å². The van der Waals surface area contributed by atoms with Crippen molar-refractivity contribution in [3.05, 3.63) is 24.5 Å². The SMILES string of the molecule is CC(C(=O)O)C1=COC=CO1. The van der Waals surface area contributed by atoms with Gasteiger partial charge in [-0.2, -0.15) is 0 Å². The first-order valence-electron chi connectivity index (χ1n) is 3.12. The second-order valence-corrected chi connectivity index (χ2v) is 2.11. The number of aliphatic carboxylic acids is 1. The highest BCUT2D eigenvalue weighted by atomic mass is 16.5. The molecule has 0 saturated carbocycles. The molecule has 0 aromatic carbocycles. The van der Waals surface area contributed by atoms with Gasteiger partial charge in [-0.1, -0.05) is 0 Å². The van der Waals surface area contributed by atoms with Gasteiger partial charge in [0.15, 0.2) is 5.76 Å². The molecule has 11 heavy (non-hydrogen) atoms. The van der Waals surface area contributed by atoms with E-state index in [0.29, 0.717) is 5.76 Å². The lowest BCUT2D eigenvalue weighted by Gasteiger charge is -2.12. The van der Waals surface area contributed by atoms with Gasteiger partial charge in [-0.25, -0.2) is 0 Å². The van der Waals surface area contributed by atoms with E-state index < -0.39 is 11.9 Å². The highest BCUT2D eigenvalue weighted by molar-refractivity contribution is 5.72. The van der Waals surface area contributed by atoms with Gasteiger partial charge in [0.05, 0.1) is 0 Å². The van der Waals surface area contributed by atoms with E-state index in [0.717, 1.165) is 0 Å². The molecule has 1 atom stereocenters. The Hall–Kier alpha value is -1.45. The Morgan fingerprint density at radius 1 is 1.64 bits per heavy atom. The number of hydrogen-bond acceptors (Lipinski definition) is 3. The number of carboxylic acid groups (broad SMARTS) is 1. The summed E-state index contributed by atoms with van der Waals surface area (Å²) in [6.45, 7) is 1.52. The second kappa shape index (κ2) is 3.09. The molecule has 60 valence electrons. The highest BCUT2D eigenvalue weighted by Gasteiger charge is 2.19. The van der Waals surface area contributed by atoms with Crippen LogP contribution in [-0.4, -0.2) is 11.1 Å². The van der Waals surface area contributed by atoms with Crippen molar-refractivity contribution in [1.82, 2.24) is 0 Å². The summed E-state index contributed by atoms with van der Waals surface area (Å²) >= 11 is 0. The van der Waals surface area contributed by atoms with E-state index >= 15 is 0 Å². The first kappa shape index (κ1) is 7.65. The first-order chi connectivity index (χ1) is 5.22. The van der Waals surface area contributed by atoms with Gasteiger partial charge in [0.2, 0.25) is 0 Å². The minimum absolute atomic E-state index is 0.306. The normalized spacial score (nSPS) is 17.7. The number of carbonyl (C=O) groups is 1. The summed E-state index contributed by atoms with van der Waals surface area (Å²) in [5.41, 5.74) is 0. The maximum absolute atomic E-state index is 10.4. The monoisotopic (exact) mass is 156 g/mol. The fourth-order valence-electron chi connectivity index (χ4n) is 0.598. The third-order valence-corrected chi connectivity index (χ3v) is 1.32. The van der Waals surface area contributed by atoms with E-state index in [1.165, 1.54) is 25.7 Å². The van der Waals surface area contributed by atoms with Gasteiger partial charge in [0.1, 0.15) is 24.7 Å². The van der Waals surface area contributed by atoms with Crippen molar-refractivity contribution in [3.63, 3.8) is 0 Å². The van der Waals surface area contributed by atoms with E-state index in [4.69, 9.17) is 14.6 Å². The van der Waals surface area contributed by atoms with Gasteiger partial charge >= 0.3 is 5.97 Å². The van der Waals surface area contributed by atoms with Crippen molar-refractivity contribution in [3.8, 4) is 0 Å². The average Bonchev–Trinajstić information content (AvgIpc) is 2.05. The molecule has 1 N–H and O–H groups in total. The Morgan fingerprint density at radius 2 is 2.36 bits per heavy atom. The van der Waals surface area contributed by atoms with Gasteiger partial charge in [0, 0.05) is 0 Å². The zero-order valence-corrected chi connectivity index (χ0v) is 5.98. The zero-order valence-electron chi connectivity index (χ0n) is 5.98. The van der Waals surface area contributed by atoms with Crippen molar-refractivity contribution < 1.29 is 19.4 Å². The highest BCUT2D eigenvalue weighted by Crippen LogP contribution is 2.15. The van der Waals surface area contributed by atoms with Gasteiger partial charge in [0.25, 0.3) is 0 Å². The van der Waals surface area contributed by atoms with E-state index in [1.807, 2.05) is 0 Å². The molecule has 0 aromatic heterocycles. The summed E-state index contributed by atoms with van der Waals surface area (Å²) in [7, 11) is 0. The van der Waals surface area contributed by atoms with Crippen molar-refractivity contribution in [2.24, 2.45) is 5.92 Å². The lowest BCUT2D eigenvalue weighted by atomic mass is 10.1. The molecule has 0 bridgehead atoms. The fourth-order valence-corrected chi connectivity index (χ4v) is 0.598. The standard InChI is InChI=1S/C7H8O4/c1-5(7(8)9)6-4-10-2-3-11-6/h2-5H,1H3,(H,8,9). The predicted octanol–water partition coefficient (Wildman–Crippen LogP) is 1.07. The summed E-state index contributed by atoms with van der Waals surface area (Å²) in [5, 5.41) is 8.53. The third kappa shape index (κ3) is 1.73. The first-order valence-corrected chi connectivity index (χ1v) is 3.12. The van der Waals surface area contributed by atoms with Crippen LogP contribution in [0.2, 0.25) is 0 Å². The molecule has 0 radical (unpaired) electrons. The van der Waals surface area contributed by atoms with Crippen molar-refractivity contribution in [2.45, 2.75) is 6.92 Å². The van der Waals surface area contributed by atoms with E-state index in [9.17, 15) is 4.79 Å². The van der Waals surface area contributed by atoms with Crippen LogP contribution in [0.1, 0.15) is 6.92 Å². The molecule has 0 fully saturated rings. The number of carboxylic acids is 1. The predicted molar refractivity (Wildman–Crippen MR) is 36.2 cm³/mol. The summed E-state index contributed by atoms with van der Waals surface area (Å²) in [6.07, 6.45) is 3.91. The maximum atomic E-state index is 10.4. The summed E-state index contributed by atoms with van der Waals surface area (Å²) < 4.78 is 9.60. The quantitative estimate of drug-likeness (QED) is 0.649. The molecule has 0 amide bonds. The van der Waals surface area contributed by atoms with Crippen molar-refractivity contribution in [1.29, 1.82) is 0 Å². The lowest BCUT2D eigenvalue weighted by Crippen LogP contribution is -2.14. The summed E-state index contributed by atoms with van der Waals surface area (Å²) in [6, 6.07) is 0. The van der Waals surface area contributed by atoms with Crippen LogP contribution in [0.3, 0.4) is 0 Å². The van der Waals surface area contributed by atoms with Crippen molar-refractivity contribution >= 4 is 5.97 Å².